The van der Waals surface area contributed by atoms with E-state index in [2.05, 4.69) is 25.9 Å². The molecule has 1 atom stereocenters. The van der Waals surface area contributed by atoms with E-state index in [-0.39, 0.29) is 0 Å². The minimum Gasteiger partial charge on any atom is -0.307 e. The van der Waals surface area contributed by atoms with Crippen LogP contribution in [0.15, 0.2) is 66.9 Å². The predicted molar refractivity (Wildman–Crippen MR) is 122 cm³/mol. The zero-order chi connectivity index (χ0) is 22.9. The monoisotopic (exact) mass is 473 g/mol. The van der Waals surface area contributed by atoms with Gasteiger partial charge in [-0.05, 0) is 51.9 Å². The van der Waals surface area contributed by atoms with E-state index in [4.69, 9.17) is 11.6 Å². The molecule has 0 aliphatic heterocycles. The highest BCUT2D eigenvalue weighted by Gasteiger charge is 2.27. The number of nitrogens with zero attached hydrogens (tertiary/aromatic N) is 4. The minimum atomic E-state index is -4.35. The lowest BCUT2D eigenvalue weighted by Gasteiger charge is -2.21. The van der Waals surface area contributed by atoms with Crippen molar-refractivity contribution >= 4 is 37.6 Å². The Morgan fingerprint density at radius 1 is 1.12 bits per heavy atom. The molecule has 0 saturated carbocycles. The number of aromatic nitrogens is 2. The molecule has 4 aromatic rings. The molecule has 0 fully saturated rings. The first-order valence-corrected chi connectivity index (χ1v) is 10.3. The number of hydrogen-bond acceptors (Lipinski definition) is 4. The number of para-hydroxylation sites is 1. The van der Waals surface area contributed by atoms with E-state index in [9.17, 15) is 18.4 Å². The summed E-state index contributed by atoms with van der Waals surface area (Å²) < 4.78 is 40.5. The Morgan fingerprint density at radius 3 is 2.50 bits per heavy atom. The number of pyridine rings is 1. The smallest absolute Gasteiger partial charge is 0.307 e. The van der Waals surface area contributed by atoms with Gasteiger partial charge >= 0.3 is 6.18 Å². The van der Waals surface area contributed by atoms with Gasteiger partial charge < -0.3 is 4.57 Å². The third kappa shape index (κ3) is 4.42. The molecule has 32 heavy (non-hydrogen) atoms. The lowest BCUT2D eigenvalue weighted by molar-refractivity contribution is -0.124. The molecule has 10 heteroatoms. The summed E-state index contributed by atoms with van der Waals surface area (Å²) in [5.74, 6) is 0. The molecule has 0 saturated heterocycles. The van der Waals surface area contributed by atoms with Crippen LogP contribution in [0.25, 0.3) is 28.0 Å². The molecule has 0 aliphatic rings. The Labute approximate surface area is 189 Å². The van der Waals surface area contributed by atoms with Crippen molar-refractivity contribution < 1.29 is 13.2 Å². The van der Waals surface area contributed by atoms with Crippen molar-refractivity contribution in [2.24, 2.45) is 0 Å². The maximum atomic E-state index is 12.5. The summed E-state index contributed by atoms with van der Waals surface area (Å²) in [6, 6.07) is 20.4. The largest absolute Gasteiger partial charge is 0.402 e. The second-order valence-corrected chi connectivity index (χ2v) is 7.84. The van der Waals surface area contributed by atoms with Crippen LogP contribution in [0.4, 0.5) is 18.9 Å². The summed E-state index contributed by atoms with van der Waals surface area (Å²) >= 11 is 6.19. The summed E-state index contributed by atoms with van der Waals surface area (Å²) in [6.45, 7) is -1.18. The average Bonchev–Trinajstić information content (AvgIpc) is 3.11. The Hall–Kier alpha value is -3.11. The van der Waals surface area contributed by atoms with Crippen LogP contribution in [-0.4, -0.2) is 22.3 Å². The van der Waals surface area contributed by atoms with E-state index in [1.165, 1.54) is 11.0 Å². The number of hydrazine groups is 1. The second kappa shape index (κ2) is 8.79. The lowest BCUT2D eigenvalue weighted by atomic mass is 10.1. The van der Waals surface area contributed by atoms with Gasteiger partial charge in [0.2, 0.25) is 0 Å². The fourth-order valence-corrected chi connectivity index (χ4v) is 3.82. The van der Waals surface area contributed by atoms with Crippen molar-refractivity contribution in [1.29, 1.82) is 5.26 Å². The molecule has 1 N–H and O–H groups in total. The minimum absolute atomic E-state index is 0.407. The van der Waals surface area contributed by atoms with Crippen molar-refractivity contribution in [3.63, 3.8) is 0 Å². The zero-order valence-electron chi connectivity index (χ0n) is 16.4. The van der Waals surface area contributed by atoms with Gasteiger partial charge in [-0.15, -0.1) is 0 Å². The highest BCUT2D eigenvalue weighted by Crippen LogP contribution is 2.37. The summed E-state index contributed by atoms with van der Waals surface area (Å²) in [4.78, 5) is 4.45. The van der Waals surface area contributed by atoms with Crippen molar-refractivity contribution in [2.75, 3.05) is 11.3 Å². The quantitative estimate of drug-likeness (QED) is 0.290. The van der Waals surface area contributed by atoms with E-state index >= 15 is 0 Å². The Bertz CT molecular complexity index is 1300. The standard InChI is InChI=1S/C22H16ClF3N5P/c23-14-6-9-20-17(10-14)18(11-27)21(30(20)15-4-2-1-3-5-15)19-8-7-16(12-28-19)31(32)29-13-22(24,25)26/h1-10,12,29H,13,32H2. The van der Waals surface area contributed by atoms with Gasteiger partial charge in [-0.25, -0.2) is 5.43 Å². The van der Waals surface area contributed by atoms with Crippen molar-refractivity contribution in [2.45, 2.75) is 6.18 Å². The lowest BCUT2D eigenvalue weighted by Crippen LogP contribution is -2.37. The molecule has 4 rings (SSSR count). The number of halogens is 4. The molecule has 2 aromatic heterocycles. The van der Waals surface area contributed by atoms with Crippen molar-refractivity contribution in [3.8, 4) is 23.1 Å². The highest BCUT2D eigenvalue weighted by molar-refractivity contribution is 7.18. The topological polar surface area (TPSA) is 56.9 Å². The molecular weight excluding hydrogens is 458 g/mol. The van der Waals surface area contributed by atoms with Crippen LogP contribution < -0.4 is 10.2 Å². The van der Waals surface area contributed by atoms with E-state index < -0.39 is 12.7 Å². The number of nitrogens with one attached hydrogen (secondary N) is 1. The molecule has 0 aliphatic carbocycles. The molecule has 2 heterocycles. The number of benzene rings is 2. The van der Waals surface area contributed by atoms with Crippen LogP contribution in [0.5, 0.6) is 0 Å². The summed E-state index contributed by atoms with van der Waals surface area (Å²) in [6.07, 6.45) is -2.91. The summed E-state index contributed by atoms with van der Waals surface area (Å²) in [7, 11) is 2.17. The van der Waals surface area contributed by atoms with E-state index in [0.717, 1.165) is 11.2 Å². The first-order chi connectivity index (χ1) is 15.3. The first-order valence-electron chi connectivity index (χ1n) is 9.39. The van der Waals surface area contributed by atoms with Gasteiger partial charge in [-0.2, -0.15) is 18.4 Å². The van der Waals surface area contributed by atoms with Gasteiger partial charge in [0.15, 0.2) is 0 Å². The fourth-order valence-electron chi connectivity index (χ4n) is 3.40. The molecule has 2 aromatic carbocycles. The Kier molecular flexibility index (Phi) is 6.07. The molecule has 5 nitrogen and oxygen atoms in total. The van der Waals surface area contributed by atoms with Crippen LogP contribution in [0.3, 0.4) is 0 Å². The van der Waals surface area contributed by atoms with Gasteiger partial charge in [-0.3, -0.25) is 9.76 Å². The number of alkyl halides is 3. The van der Waals surface area contributed by atoms with Gasteiger partial charge in [0.05, 0.1) is 34.4 Å². The fraction of sp³-hybridized carbons (Fsp3) is 0.0909. The molecular formula is C22H16ClF3N5P. The van der Waals surface area contributed by atoms with Crippen molar-refractivity contribution in [3.05, 3.63) is 77.4 Å². The van der Waals surface area contributed by atoms with Crippen LogP contribution >= 0.6 is 21.0 Å². The number of nitriles is 1. The summed E-state index contributed by atoms with van der Waals surface area (Å²) in [5.41, 5.74) is 5.75. The normalized spacial score (nSPS) is 11.5. The van der Waals surface area contributed by atoms with E-state index in [0.29, 0.717) is 33.0 Å². The van der Waals surface area contributed by atoms with Crippen LogP contribution in [0.1, 0.15) is 5.56 Å². The van der Waals surface area contributed by atoms with Gasteiger partial charge in [0, 0.05) is 16.1 Å². The molecule has 0 spiro atoms. The molecule has 0 amide bonds. The van der Waals surface area contributed by atoms with E-state index in [1.54, 1.807) is 24.3 Å². The van der Waals surface area contributed by atoms with E-state index in [1.807, 2.05) is 41.0 Å². The highest BCUT2D eigenvalue weighted by atomic mass is 35.5. The molecule has 1 unspecified atom stereocenters. The molecule has 0 radical (unpaired) electrons. The van der Waals surface area contributed by atoms with Gasteiger partial charge in [0.1, 0.15) is 12.6 Å². The van der Waals surface area contributed by atoms with Crippen LogP contribution in [0.2, 0.25) is 5.02 Å². The number of hydrogen-bond donors (Lipinski definition) is 1. The Balaban J connectivity index is 1.83. The van der Waals surface area contributed by atoms with Crippen molar-refractivity contribution in [1.82, 2.24) is 15.0 Å². The predicted octanol–water partition coefficient (Wildman–Crippen LogP) is 5.88. The maximum Gasteiger partial charge on any atom is 0.402 e. The molecule has 162 valence electrons. The van der Waals surface area contributed by atoms with Crippen LogP contribution in [-0.2, 0) is 0 Å². The Morgan fingerprint density at radius 2 is 1.88 bits per heavy atom. The third-order valence-electron chi connectivity index (χ3n) is 4.77. The first kappa shape index (κ1) is 22.1. The van der Waals surface area contributed by atoms with Gasteiger partial charge in [-0.1, -0.05) is 29.8 Å². The third-order valence-corrected chi connectivity index (χ3v) is 5.49. The average molecular weight is 474 g/mol. The number of anilines is 1. The zero-order valence-corrected chi connectivity index (χ0v) is 18.3. The number of fused-ring (bicyclic) bond motifs is 1. The summed E-state index contributed by atoms with van der Waals surface area (Å²) in [5, 5.41) is 11.1. The van der Waals surface area contributed by atoms with Crippen LogP contribution in [0, 0.1) is 11.3 Å². The van der Waals surface area contributed by atoms with Gasteiger partial charge in [0.25, 0.3) is 0 Å². The second-order valence-electron chi connectivity index (χ2n) is 6.89. The molecule has 0 bridgehead atoms. The maximum absolute atomic E-state index is 12.5. The SMILES string of the molecule is N#Cc1c(-c2ccc(N(P)NCC(F)(F)F)cn2)n(-c2ccccc2)c2ccc(Cl)cc12. The number of rotatable bonds is 5.